The van der Waals surface area contributed by atoms with E-state index in [1.54, 1.807) is 12.4 Å². The summed E-state index contributed by atoms with van der Waals surface area (Å²) >= 11 is 0. The molecule has 0 radical (unpaired) electrons. The van der Waals surface area contributed by atoms with Crippen LogP contribution in [-0.2, 0) is 0 Å². The third-order valence-corrected chi connectivity index (χ3v) is 4.23. The van der Waals surface area contributed by atoms with Gasteiger partial charge in [0.25, 0.3) is 0 Å². The monoisotopic (exact) mass is 323 g/mol. The van der Waals surface area contributed by atoms with E-state index in [0.29, 0.717) is 5.82 Å². The van der Waals surface area contributed by atoms with Gasteiger partial charge >= 0.3 is 0 Å². The summed E-state index contributed by atoms with van der Waals surface area (Å²) in [6.07, 6.45) is 3.51. The first-order chi connectivity index (χ1) is 12.4. The SMILES string of the molecule is c1ccc(-c2nn3c(-c4cccnc4)nnc3c3ccccc23)cc1. The van der Waals surface area contributed by atoms with Crippen molar-refractivity contribution in [2.75, 3.05) is 0 Å². The molecule has 3 aromatic heterocycles. The highest BCUT2D eigenvalue weighted by atomic mass is 15.4. The van der Waals surface area contributed by atoms with E-state index in [9.17, 15) is 0 Å². The summed E-state index contributed by atoms with van der Waals surface area (Å²) in [5.74, 6) is 0.686. The minimum Gasteiger partial charge on any atom is -0.264 e. The number of fused-ring (bicyclic) bond motifs is 3. The second-order valence-electron chi connectivity index (χ2n) is 5.76. The number of rotatable bonds is 2. The minimum atomic E-state index is 0.686. The molecule has 5 aromatic rings. The molecule has 0 atom stereocenters. The Bertz CT molecular complexity index is 1180. The normalized spacial score (nSPS) is 11.2. The largest absolute Gasteiger partial charge is 0.264 e. The Hall–Kier alpha value is -3.60. The zero-order valence-corrected chi connectivity index (χ0v) is 13.2. The Kier molecular flexibility index (Phi) is 3.03. The number of hydrogen-bond donors (Lipinski definition) is 0. The summed E-state index contributed by atoms with van der Waals surface area (Å²) < 4.78 is 1.81. The highest BCUT2D eigenvalue weighted by Crippen LogP contribution is 2.30. The predicted molar refractivity (Wildman–Crippen MR) is 97.0 cm³/mol. The van der Waals surface area contributed by atoms with Gasteiger partial charge in [-0.25, -0.2) is 0 Å². The van der Waals surface area contributed by atoms with Gasteiger partial charge in [-0.3, -0.25) is 4.98 Å². The molecule has 118 valence electrons. The summed E-state index contributed by atoms with van der Waals surface area (Å²) in [5.41, 5.74) is 3.60. The lowest BCUT2D eigenvalue weighted by molar-refractivity contribution is 0.950. The van der Waals surface area contributed by atoms with Crippen molar-refractivity contribution in [3.05, 3.63) is 79.1 Å². The molecule has 3 heterocycles. The highest BCUT2D eigenvalue weighted by Gasteiger charge is 2.16. The Morgan fingerprint density at radius 1 is 0.680 bits per heavy atom. The number of pyridine rings is 1. The molecular formula is C20H13N5. The molecule has 0 amide bonds. The molecule has 25 heavy (non-hydrogen) atoms. The van der Waals surface area contributed by atoms with Crippen molar-refractivity contribution in [1.82, 2.24) is 24.8 Å². The van der Waals surface area contributed by atoms with E-state index in [4.69, 9.17) is 5.10 Å². The van der Waals surface area contributed by atoms with E-state index in [-0.39, 0.29) is 0 Å². The van der Waals surface area contributed by atoms with E-state index in [0.717, 1.165) is 33.2 Å². The molecule has 0 aliphatic rings. The summed E-state index contributed by atoms with van der Waals surface area (Å²) in [6.45, 7) is 0. The van der Waals surface area contributed by atoms with Gasteiger partial charge in [-0.15, -0.1) is 10.2 Å². The second-order valence-corrected chi connectivity index (χ2v) is 5.76. The fourth-order valence-electron chi connectivity index (χ4n) is 3.07. The molecule has 0 aliphatic heterocycles. The predicted octanol–water partition coefficient (Wildman–Crippen LogP) is 4.01. The van der Waals surface area contributed by atoms with Crippen molar-refractivity contribution in [2.24, 2.45) is 0 Å². The topological polar surface area (TPSA) is 56.0 Å². The highest BCUT2D eigenvalue weighted by molar-refractivity contribution is 6.01. The summed E-state index contributed by atoms with van der Waals surface area (Å²) in [5, 5.41) is 15.7. The van der Waals surface area contributed by atoms with Gasteiger partial charge in [0.05, 0.1) is 5.69 Å². The fraction of sp³-hybridized carbons (Fsp3) is 0. The maximum atomic E-state index is 4.87. The molecule has 0 bridgehead atoms. The van der Waals surface area contributed by atoms with Gasteiger partial charge in [-0.05, 0) is 12.1 Å². The Labute approximate surface area is 143 Å². The Morgan fingerprint density at radius 3 is 2.24 bits per heavy atom. The van der Waals surface area contributed by atoms with E-state index >= 15 is 0 Å². The first kappa shape index (κ1) is 13.8. The average molecular weight is 323 g/mol. The van der Waals surface area contributed by atoms with Crippen LogP contribution >= 0.6 is 0 Å². The average Bonchev–Trinajstić information content (AvgIpc) is 3.13. The summed E-state index contributed by atoms with van der Waals surface area (Å²) in [6, 6.07) is 22.2. The maximum absolute atomic E-state index is 4.87. The van der Waals surface area contributed by atoms with E-state index in [2.05, 4.69) is 39.4 Å². The van der Waals surface area contributed by atoms with Gasteiger partial charge in [0.15, 0.2) is 11.5 Å². The van der Waals surface area contributed by atoms with Crippen molar-refractivity contribution < 1.29 is 0 Å². The van der Waals surface area contributed by atoms with Crippen molar-refractivity contribution in [3.63, 3.8) is 0 Å². The molecule has 0 spiro atoms. The van der Waals surface area contributed by atoms with Crippen LogP contribution in [0.4, 0.5) is 0 Å². The lowest BCUT2D eigenvalue weighted by Crippen LogP contribution is -1.99. The van der Waals surface area contributed by atoms with Crippen LogP contribution in [0.5, 0.6) is 0 Å². The third kappa shape index (κ3) is 2.17. The van der Waals surface area contributed by atoms with Crippen LogP contribution in [0.2, 0.25) is 0 Å². The van der Waals surface area contributed by atoms with Crippen LogP contribution in [0, 0.1) is 0 Å². The molecule has 0 unspecified atom stereocenters. The van der Waals surface area contributed by atoms with Crippen LogP contribution in [0.15, 0.2) is 79.1 Å². The van der Waals surface area contributed by atoms with Crippen LogP contribution in [0.3, 0.4) is 0 Å². The molecule has 5 rings (SSSR count). The van der Waals surface area contributed by atoms with Crippen molar-refractivity contribution in [3.8, 4) is 22.6 Å². The smallest absolute Gasteiger partial charge is 0.186 e. The molecule has 0 fully saturated rings. The van der Waals surface area contributed by atoms with Gasteiger partial charge in [-0.2, -0.15) is 9.61 Å². The second kappa shape index (κ2) is 5.49. The molecule has 5 nitrogen and oxygen atoms in total. The van der Waals surface area contributed by atoms with Gasteiger partial charge in [0.2, 0.25) is 0 Å². The Morgan fingerprint density at radius 2 is 1.44 bits per heavy atom. The first-order valence-electron chi connectivity index (χ1n) is 8.02. The van der Waals surface area contributed by atoms with Crippen molar-refractivity contribution in [1.29, 1.82) is 0 Å². The maximum Gasteiger partial charge on any atom is 0.186 e. The fourth-order valence-corrected chi connectivity index (χ4v) is 3.07. The van der Waals surface area contributed by atoms with Crippen molar-refractivity contribution >= 4 is 16.4 Å². The number of aromatic nitrogens is 5. The third-order valence-electron chi connectivity index (χ3n) is 4.23. The molecule has 0 saturated heterocycles. The lowest BCUT2D eigenvalue weighted by atomic mass is 10.1. The van der Waals surface area contributed by atoms with E-state index < -0.39 is 0 Å². The number of benzene rings is 2. The molecule has 0 aliphatic carbocycles. The number of nitrogens with zero attached hydrogens (tertiary/aromatic N) is 5. The summed E-state index contributed by atoms with van der Waals surface area (Å²) in [7, 11) is 0. The van der Waals surface area contributed by atoms with E-state index in [1.165, 1.54) is 0 Å². The van der Waals surface area contributed by atoms with Gasteiger partial charge < -0.3 is 0 Å². The quantitative estimate of drug-likeness (QED) is 0.492. The molecule has 0 saturated carbocycles. The molecule has 5 heteroatoms. The Balaban J connectivity index is 1.90. The van der Waals surface area contributed by atoms with Gasteiger partial charge in [-0.1, -0.05) is 54.6 Å². The van der Waals surface area contributed by atoms with Gasteiger partial charge in [0, 0.05) is 34.3 Å². The summed E-state index contributed by atoms with van der Waals surface area (Å²) in [4.78, 5) is 4.18. The van der Waals surface area contributed by atoms with Crippen molar-refractivity contribution in [2.45, 2.75) is 0 Å². The standard InChI is InChI=1S/C20H13N5/c1-2-7-14(8-3-1)18-16-10-4-5-11-17(16)20-23-22-19(25(20)24-18)15-9-6-12-21-13-15/h1-13H. The zero-order chi connectivity index (χ0) is 16.6. The molecular weight excluding hydrogens is 310 g/mol. The molecule has 2 aromatic carbocycles. The van der Waals surface area contributed by atoms with Crippen LogP contribution in [-0.4, -0.2) is 24.8 Å². The van der Waals surface area contributed by atoms with Crippen LogP contribution in [0.25, 0.3) is 39.1 Å². The lowest BCUT2D eigenvalue weighted by Gasteiger charge is -2.08. The van der Waals surface area contributed by atoms with Crippen LogP contribution in [0.1, 0.15) is 0 Å². The number of hydrogen-bond acceptors (Lipinski definition) is 4. The first-order valence-corrected chi connectivity index (χ1v) is 8.02. The molecule has 0 N–H and O–H groups in total. The zero-order valence-electron chi connectivity index (χ0n) is 13.2. The van der Waals surface area contributed by atoms with Crippen LogP contribution < -0.4 is 0 Å². The minimum absolute atomic E-state index is 0.686. The van der Waals surface area contributed by atoms with E-state index in [1.807, 2.05) is 47.0 Å². The van der Waals surface area contributed by atoms with Gasteiger partial charge in [0.1, 0.15) is 0 Å².